The molecule has 2 N–H and O–H groups in total. The molecule has 0 spiro atoms. The second-order valence-corrected chi connectivity index (χ2v) is 5.34. The second kappa shape index (κ2) is 6.58. The van der Waals surface area contributed by atoms with Crippen LogP contribution in [0.1, 0.15) is 34.2 Å². The third kappa shape index (κ3) is 3.22. The van der Waals surface area contributed by atoms with Crippen molar-refractivity contribution < 1.29 is 9.90 Å². The van der Waals surface area contributed by atoms with Crippen LogP contribution in [0.4, 0.5) is 0 Å². The molecular weight excluding hydrogens is 292 g/mol. The van der Waals surface area contributed by atoms with Gasteiger partial charge in [-0.15, -0.1) is 10.2 Å². The first-order chi connectivity index (χ1) is 11.2. The Kier molecular flexibility index (Phi) is 4.34. The number of carbonyl (C=O) groups is 1. The summed E-state index contributed by atoms with van der Waals surface area (Å²) in [4.78, 5) is 12.5. The summed E-state index contributed by atoms with van der Waals surface area (Å²) in [6.07, 6.45) is 2.19. The van der Waals surface area contributed by atoms with E-state index in [2.05, 4.69) is 15.5 Å². The van der Waals surface area contributed by atoms with Crippen molar-refractivity contribution in [3.63, 3.8) is 0 Å². The van der Waals surface area contributed by atoms with Gasteiger partial charge in [-0.05, 0) is 31.0 Å². The van der Waals surface area contributed by atoms with Gasteiger partial charge in [0.05, 0.1) is 11.6 Å². The van der Waals surface area contributed by atoms with Gasteiger partial charge < -0.3 is 10.4 Å². The van der Waals surface area contributed by atoms with Crippen LogP contribution in [0, 0.1) is 6.92 Å². The molecule has 118 valence electrons. The highest BCUT2D eigenvalue weighted by molar-refractivity contribution is 5.94. The van der Waals surface area contributed by atoms with Crippen LogP contribution in [-0.2, 0) is 0 Å². The van der Waals surface area contributed by atoms with E-state index in [9.17, 15) is 9.90 Å². The van der Waals surface area contributed by atoms with Gasteiger partial charge in [0.25, 0.3) is 5.91 Å². The predicted octanol–water partition coefficient (Wildman–Crippen LogP) is 1.89. The number of hydrogen-bond donors (Lipinski definition) is 2. The molecule has 3 rings (SSSR count). The monoisotopic (exact) mass is 310 g/mol. The predicted molar refractivity (Wildman–Crippen MR) is 86.1 cm³/mol. The minimum Gasteiger partial charge on any atom is -0.396 e. The molecule has 0 saturated carbocycles. The lowest BCUT2D eigenvalue weighted by atomic mass is 10.0. The van der Waals surface area contributed by atoms with Gasteiger partial charge in [0.1, 0.15) is 5.82 Å². The van der Waals surface area contributed by atoms with E-state index in [4.69, 9.17) is 0 Å². The van der Waals surface area contributed by atoms with Gasteiger partial charge >= 0.3 is 0 Å². The van der Waals surface area contributed by atoms with Crippen molar-refractivity contribution in [2.75, 3.05) is 6.61 Å². The Hall–Kier alpha value is -2.73. The fourth-order valence-corrected chi connectivity index (χ4v) is 2.52. The quantitative estimate of drug-likeness (QED) is 0.754. The highest BCUT2D eigenvalue weighted by Gasteiger charge is 2.16. The largest absolute Gasteiger partial charge is 0.396 e. The van der Waals surface area contributed by atoms with Crippen LogP contribution >= 0.6 is 0 Å². The van der Waals surface area contributed by atoms with Crippen molar-refractivity contribution in [2.45, 2.75) is 19.4 Å². The number of pyridine rings is 1. The van der Waals surface area contributed by atoms with Crippen molar-refractivity contribution in [1.29, 1.82) is 0 Å². The molecule has 0 aliphatic rings. The fourth-order valence-electron chi connectivity index (χ4n) is 2.52. The number of aliphatic hydroxyl groups is 1. The SMILES string of the molecule is Cc1nnc2ccc(C(=O)NC(CCO)c3ccccc3)cn12. The zero-order chi connectivity index (χ0) is 16.2. The number of aromatic nitrogens is 3. The van der Waals surface area contributed by atoms with Crippen LogP contribution < -0.4 is 5.32 Å². The fraction of sp³-hybridized carbons (Fsp3) is 0.235. The third-order valence-corrected chi connectivity index (χ3v) is 3.76. The van der Waals surface area contributed by atoms with E-state index in [1.165, 1.54) is 0 Å². The van der Waals surface area contributed by atoms with Gasteiger partial charge in [0.2, 0.25) is 0 Å². The lowest BCUT2D eigenvalue weighted by molar-refractivity contribution is 0.0929. The van der Waals surface area contributed by atoms with Crippen LogP contribution in [0.15, 0.2) is 48.7 Å². The number of nitrogens with one attached hydrogen (secondary N) is 1. The Morgan fingerprint density at radius 1 is 1.22 bits per heavy atom. The highest BCUT2D eigenvalue weighted by atomic mass is 16.3. The zero-order valence-corrected chi connectivity index (χ0v) is 12.8. The minimum atomic E-state index is -0.230. The molecule has 6 heteroatoms. The van der Waals surface area contributed by atoms with E-state index in [1.807, 2.05) is 37.3 Å². The Morgan fingerprint density at radius 3 is 2.74 bits per heavy atom. The zero-order valence-electron chi connectivity index (χ0n) is 12.8. The molecule has 0 saturated heterocycles. The maximum atomic E-state index is 12.5. The van der Waals surface area contributed by atoms with Crippen LogP contribution in [0.25, 0.3) is 5.65 Å². The number of aliphatic hydroxyl groups excluding tert-OH is 1. The standard InChI is InChI=1S/C17H18N4O2/c1-12-19-20-16-8-7-14(11-21(12)16)17(23)18-15(9-10-22)13-5-3-2-4-6-13/h2-8,11,15,22H,9-10H2,1H3,(H,18,23). The summed E-state index contributed by atoms with van der Waals surface area (Å²) in [7, 11) is 0. The number of amides is 1. The van der Waals surface area contributed by atoms with E-state index < -0.39 is 0 Å². The first kappa shape index (κ1) is 15.2. The number of benzene rings is 1. The number of hydrogen-bond acceptors (Lipinski definition) is 4. The van der Waals surface area contributed by atoms with Gasteiger partial charge in [-0.25, -0.2) is 0 Å². The topological polar surface area (TPSA) is 79.5 Å². The number of rotatable bonds is 5. The molecule has 1 amide bonds. The van der Waals surface area contributed by atoms with Crippen LogP contribution in [-0.4, -0.2) is 32.2 Å². The first-order valence-corrected chi connectivity index (χ1v) is 7.47. The van der Waals surface area contributed by atoms with Crippen LogP contribution in [0.5, 0.6) is 0 Å². The van der Waals surface area contributed by atoms with Gasteiger partial charge in [0.15, 0.2) is 5.65 Å². The molecule has 2 heterocycles. The van der Waals surface area contributed by atoms with Crippen LogP contribution in [0.2, 0.25) is 0 Å². The lowest BCUT2D eigenvalue weighted by Crippen LogP contribution is -2.29. The molecule has 1 atom stereocenters. The average molecular weight is 310 g/mol. The molecular formula is C17H18N4O2. The molecule has 3 aromatic rings. The summed E-state index contributed by atoms with van der Waals surface area (Å²) in [6, 6.07) is 12.9. The lowest BCUT2D eigenvalue weighted by Gasteiger charge is -2.18. The van der Waals surface area contributed by atoms with Gasteiger partial charge in [-0.3, -0.25) is 9.20 Å². The number of fused-ring (bicyclic) bond motifs is 1. The number of nitrogens with zero attached hydrogens (tertiary/aromatic N) is 3. The minimum absolute atomic E-state index is 0.00340. The maximum Gasteiger partial charge on any atom is 0.253 e. The van der Waals surface area contributed by atoms with Crippen molar-refractivity contribution >= 4 is 11.6 Å². The number of aryl methyl sites for hydroxylation is 1. The summed E-state index contributed by atoms with van der Waals surface area (Å²) >= 11 is 0. The summed E-state index contributed by atoms with van der Waals surface area (Å²) in [5.41, 5.74) is 2.20. The second-order valence-electron chi connectivity index (χ2n) is 5.34. The Balaban J connectivity index is 1.84. The van der Waals surface area contributed by atoms with Crippen molar-refractivity contribution in [3.8, 4) is 0 Å². The normalized spacial score (nSPS) is 12.3. The highest BCUT2D eigenvalue weighted by Crippen LogP contribution is 2.17. The molecule has 0 aliphatic carbocycles. The Bertz CT molecular complexity index is 814. The molecule has 0 aliphatic heterocycles. The average Bonchev–Trinajstić information content (AvgIpc) is 2.96. The van der Waals surface area contributed by atoms with E-state index in [0.717, 1.165) is 11.4 Å². The molecule has 1 unspecified atom stereocenters. The maximum absolute atomic E-state index is 12.5. The summed E-state index contributed by atoms with van der Waals surface area (Å²) < 4.78 is 1.78. The summed E-state index contributed by atoms with van der Waals surface area (Å²) in [5, 5.41) is 20.2. The van der Waals surface area contributed by atoms with Crippen LogP contribution in [0.3, 0.4) is 0 Å². The van der Waals surface area contributed by atoms with Crippen molar-refractivity contribution in [3.05, 3.63) is 65.6 Å². The van der Waals surface area contributed by atoms with Crippen molar-refractivity contribution in [1.82, 2.24) is 19.9 Å². The number of carbonyl (C=O) groups excluding carboxylic acids is 1. The third-order valence-electron chi connectivity index (χ3n) is 3.76. The molecule has 0 bridgehead atoms. The molecule has 23 heavy (non-hydrogen) atoms. The van der Waals surface area contributed by atoms with Gasteiger partial charge in [-0.1, -0.05) is 30.3 Å². The Labute approximate surface area is 133 Å². The molecule has 6 nitrogen and oxygen atoms in total. The molecule has 0 radical (unpaired) electrons. The summed E-state index contributed by atoms with van der Waals surface area (Å²) in [5.74, 6) is 0.534. The Morgan fingerprint density at radius 2 is 2.00 bits per heavy atom. The van der Waals surface area contributed by atoms with E-state index in [-0.39, 0.29) is 18.6 Å². The van der Waals surface area contributed by atoms with E-state index in [0.29, 0.717) is 17.6 Å². The van der Waals surface area contributed by atoms with E-state index in [1.54, 1.807) is 22.7 Å². The van der Waals surface area contributed by atoms with Crippen molar-refractivity contribution in [2.24, 2.45) is 0 Å². The van der Waals surface area contributed by atoms with Gasteiger partial charge in [-0.2, -0.15) is 0 Å². The molecule has 0 fully saturated rings. The first-order valence-electron chi connectivity index (χ1n) is 7.47. The van der Waals surface area contributed by atoms with Gasteiger partial charge in [0, 0.05) is 12.8 Å². The smallest absolute Gasteiger partial charge is 0.253 e. The van der Waals surface area contributed by atoms with E-state index >= 15 is 0 Å². The summed E-state index contributed by atoms with van der Waals surface area (Å²) in [6.45, 7) is 1.84. The molecule has 2 aromatic heterocycles. The molecule has 1 aromatic carbocycles.